The Morgan fingerprint density at radius 2 is 1.77 bits per heavy atom. The number of rotatable bonds is 2. The normalized spacial score (nSPS) is 6.92. The van der Waals surface area contributed by atoms with Gasteiger partial charge in [-0.15, -0.1) is 0 Å². The summed E-state index contributed by atoms with van der Waals surface area (Å²) in [6, 6.07) is 0. The molecule has 0 heterocycles. The van der Waals surface area contributed by atoms with E-state index >= 15 is 0 Å². The zero-order chi connectivity index (χ0) is 9.28. The van der Waals surface area contributed by atoms with E-state index in [2.05, 4.69) is 12.2 Å². The van der Waals surface area contributed by atoms with Crippen molar-refractivity contribution in [1.82, 2.24) is 5.32 Å². The van der Waals surface area contributed by atoms with Crippen molar-refractivity contribution in [2.45, 2.75) is 21.3 Å². The molecule has 5 heteroatoms. The molecule has 2 N–H and O–H groups in total. The van der Waals surface area contributed by atoms with Gasteiger partial charge in [-0.2, -0.15) is 0 Å². The molecule has 1 amide bonds. The number of carbonyl (C=O) groups is 2. The van der Waals surface area contributed by atoms with E-state index in [9.17, 15) is 9.59 Å². The van der Waals surface area contributed by atoms with Crippen LogP contribution >= 0.6 is 0 Å². The van der Waals surface area contributed by atoms with Gasteiger partial charge in [-0.3, -0.25) is 0 Å². The summed E-state index contributed by atoms with van der Waals surface area (Å²) in [5.74, 6) is -1.64. The topological polar surface area (TPSA) is 66.4 Å². The molecule has 0 aromatic heterocycles. The van der Waals surface area contributed by atoms with Crippen LogP contribution in [-0.4, -0.2) is 17.0 Å². The number of amides is 1. The Morgan fingerprint density at radius 1 is 1.38 bits per heavy atom. The second-order valence-corrected chi connectivity index (χ2v) is 1.24. The summed E-state index contributed by atoms with van der Waals surface area (Å²) in [6.07, 6.45) is 1.82. The fourth-order valence-electron chi connectivity index (χ4n) is 0.206. The van der Waals surface area contributed by atoms with E-state index in [4.69, 9.17) is 5.11 Å². The van der Waals surface area contributed by atoms with E-state index < -0.39 is 11.9 Å². The number of hydrogen-bond donors (Lipinski definition) is 2. The van der Waals surface area contributed by atoms with E-state index in [0.29, 0.717) is 0 Å². The molecule has 0 aliphatic carbocycles. The molecule has 13 heavy (non-hydrogen) atoms. The molecule has 0 aliphatic rings. The van der Waals surface area contributed by atoms with Gasteiger partial charge in [0, 0.05) is 33.3 Å². The molecule has 0 atom stereocenters. The molecule has 0 saturated carbocycles. The molecule has 0 fully saturated rings. The second-order valence-electron chi connectivity index (χ2n) is 1.24. The van der Waals surface area contributed by atoms with E-state index in [1.165, 1.54) is 0 Å². The summed E-state index contributed by atoms with van der Waals surface area (Å²) in [4.78, 5) is 19.7. The van der Waals surface area contributed by atoms with Gasteiger partial charge in [0.25, 0.3) is 0 Å². The largest absolute Gasteiger partial charge is 0.478 e. The van der Waals surface area contributed by atoms with Gasteiger partial charge in [-0.1, -0.05) is 21.3 Å². The Hall–Kier alpha value is -0.762. The number of nitrogens with one attached hydrogen (secondary N) is 1. The van der Waals surface area contributed by atoms with Crippen LogP contribution in [0.5, 0.6) is 0 Å². The Morgan fingerprint density at radius 3 is 2.00 bits per heavy atom. The minimum absolute atomic E-state index is 0. The first-order valence-electron chi connectivity index (χ1n) is 3.15. The first kappa shape index (κ1) is 22.8. The van der Waals surface area contributed by atoms with Crippen molar-refractivity contribution in [3.05, 3.63) is 19.2 Å². The van der Waals surface area contributed by atoms with Gasteiger partial charge in [0.2, 0.25) is 0 Å². The van der Waals surface area contributed by atoms with Crippen LogP contribution in [0, 0.1) is 6.92 Å². The van der Waals surface area contributed by atoms with E-state index in [0.717, 1.165) is 12.3 Å². The van der Waals surface area contributed by atoms with Crippen LogP contribution in [0.25, 0.3) is 0 Å². The molecule has 0 aromatic rings. The molecule has 0 rings (SSSR count). The third kappa shape index (κ3) is 35.0. The van der Waals surface area contributed by atoms with Gasteiger partial charge in [0.05, 0.1) is 5.91 Å². The van der Waals surface area contributed by atoms with Crippen molar-refractivity contribution in [2.24, 2.45) is 0 Å². The maximum Gasteiger partial charge on any atom is 0.329 e. The summed E-state index contributed by atoms with van der Waals surface area (Å²) in [6.45, 7) is 6.94. The van der Waals surface area contributed by atoms with Gasteiger partial charge >= 0.3 is 5.97 Å². The zero-order valence-corrected chi connectivity index (χ0v) is 9.97. The predicted molar refractivity (Wildman–Crippen MR) is 48.4 cm³/mol. The van der Waals surface area contributed by atoms with Crippen LogP contribution in [0.4, 0.5) is 0 Å². The Kier molecular flexibility index (Phi) is 30.4. The fraction of sp³-hybridized carbons (Fsp3) is 0.375. The number of carbonyl (C=O) groups excluding carboxylic acids is 1. The van der Waals surface area contributed by atoms with Gasteiger partial charge in [-0.05, 0) is 0 Å². The molecule has 0 bridgehead atoms. The van der Waals surface area contributed by atoms with Gasteiger partial charge in [-0.25, -0.2) is 4.79 Å². The third-order valence-corrected chi connectivity index (χ3v) is 0.470. The Labute approximate surface area is 93.7 Å². The summed E-state index contributed by atoms with van der Waals surface area (Å²) in [5.41, 5.74) is 0. The van der Waals surface area contributed by atoms with Gasteiger partial charge < -0.3 is 22.1 Å². The smallest absolute Gasteiger partial charge is 0.329 e. The Balaban J connectivity index is -0.0000000941. The van der Waals surface area contributed by atoms with Crippen LogP contribution in [0.1, 0.15) is 21.3 Å². The standard InChI is InChI=1S/C5H6NO3.C2H6.CH4.W/c1-4(7)6-3-2-5(8)9;1-2;;/h2-3H,1H2,(H,6,7)(H,8,9);1-2H3;1H4;/q-1;;;/b3-2-;;;. The summed E-state index contributed by atoms with van der Waals surface area (Å²) in [7, 11) is 0. The van der Waals surface area contributed by atoms with Crippen molar-refractivity contribution in [1.29, 1.82) is 0 Å². The quantitative estimate of drug-likeness (QED) is 0.576. The molecular formula is C8H16NO3W-. The maximum absolute atomic E-state index is 9.96. The number of hydrogen-bond acceptors (Lipinski definition) is 2. The van der Waals surface area contributed by atoms with Crippen LogP contribution in [0.2, 0.25) is 0 Å². The molecular weight excluding hydrogens is 342 g/mol. The SMILES string of the molecule is C.CC.[CH2-]C(=O)N/C=C\C(=O)O.[W]. The molecule has 0 radical (unpaired) electrons. The molecule has 0 aromatic carbocycles. The molecule has 0 aliphatic heterocycles. The summed E-state index contributed by atoms with van der Waals surface area (Å²) >= 11 is 0. The van der Waals surface area contributed by atoms with Crippen LogP contribution in [-0.2, 0) is 30.7 Å². The Bertz CT molecular complexity index is 157. The molecule has 78 valence electrons. The summed E-state index contributed by atoms with van der Waals surface area (Å²) < 4.78 is 0. The third-order valence-electron chi connectivity index (χ3n) is 0.470. The van der Waals surface area contributed by atoms with E-state index in [1.807, 2.05) is 13.8 Å². The predicted octanol–water partition coefficient (Wildman–Crippen LogP) is 1.19. The average molecular weight is 358 g/mol. The van der Waals surface area contributed by atoms with Crippen molar-refractivity contribution in [3.63, 3.8) is 0 Å². The molecule has 0 unspecified atom stereocenters. The van der Waals surface area contributed by atoms with Gasteiger partial charge in [0.1, 0.15) is 0 Å². The van der Waals surface area contributed by atoms with Crippen molar-refractivity contribution < 1.29 is 35.8 Å². The van der Waals surface area contributed by atoms with Crippen molar-refractivity contribution in [2.75, 3.05) is 0 Å². The zero-order valence-electron chi connectivity index (χ0n) is 7.03. The molecule has 4 nitrogen and oxygen atoms in total. The van der Waals surface area contributed by atoms with E-state index in [-0.39, 0.29) is 28.5 Å². The fourth-order valence-corrected chi connectivity index (χ4v) is 0.206. The van der Waals surface area contributed by atoms with Crippen molar-refractivity contribution >= 4 is 11.9 Å². The first-order valence-corrected chi connectivity index (χ1v) is 3.15. The minimum atomic E-state index is -1.11. The number of carboxylic acids is 1. The van der Waals surface area contributed by atoms with Crippen molar-refractivity contribution in [3.8, 4) is 0 Å². The average Bonchev–Trinajstić information content (AvgIpc) is 1.90. The number of aliphatic carboxylic acids is 1. The number of carboxylic acid groups (broad SMARTS) is 1. The monoisotopic (exact) mass is 358 g/mol. The first-order chi connectivity index (χ1) is 5.13. The maximum atomic E-state index is 9.96. The van der Waals surface area contributed by atoms with Crippen LogP contribution in [0.3, 0.4) is 0 Å². The summed E-state index contributed by atoms with van der Waals surface area (Å²) in [5, 5.41) is 10.0. The molecule has 0 spiro atoms. The van der Waals surface area contributed by atoms with Crippen LogP contribution < -0.4 is 5.32 Å². The van der Waals surface area contributed by atoms with E-state index in [1.54, 1.807) is 0 Å². The molecule has 0 saturated heterocycles. The van der Waals surface area contributed by atoms with Gasteiger partial charge in [0.15, 0.2) is 0 Å². The minimum Gasteiger partial charge on any atom is -0.478 e. The second kappa shape index (κ2) is 17.4. The van der Waals surface area contributed by atoms with Crippen LogP contribution in [0.15, 0.2) is 12.3 Å².